The molecule has 160 valence electrons. The Morgan fingerprint density at radius 1 is 1.13 bits per heavy atom. The summed E-state index contributed by atoms with van der Waals surface area (Å²) < 4.78 is 33.0. The molecule has 2 aromatic rings. The van der Waals surface area contributed by atoms with Crippen molar-refractivity contribution in [3.05, 3.63) is 59.7 Å². The van der Waals surface area contributed by atoms with Crippen molar-refractivity contribution in [3.8, 4) is 5.75 Å². The topological polar surface area (TPSA) is 75.7 Å². The molecule has 7 heteroatoms. The monoisotopic (exact) mass is 428 g/mol. The molecule has 0 saturated carbocycles. The van der Waals surface area contributed by atoms with Gasteiger partial charge in [-0.3, -0.25) is 4.79 Å². The quantitative estimate of drug-likeness (QED) is 0.674. The summed E-state index contributed by atoms with van der Waals surface area (Å²) in [5.41, 5.74) is 2.45. The second kappa shape index (κ2) is 9.91. The first-order valence-corrected chi connectivity index (χ1v) is 11.6. The highest BCUT2D eigenvalue weighted by Gasteiger charge is 2.29. The molecule has 2 aromatic carbocycles. The van der Waals surface area contributed by atoms with Gasteiger partial charge in [-0.1, -0.05) is 37.6 Å². The van der Waals surface area contributed by atoms with Crippen molar-refractivity contribution >= 4 is 27.7 Å². The lowest BCUT2D eigenvalue weighted by Gasteiger charge is -2.26. The number of hydrogen-bond acceptors (Lipinski definition) is 4. The van der Waals surface area contributed by atoms with E-state index in [1.807, 2.05) is 31.2 Å². The van der Waals surface area contributed by atoms with Crippen molar-refractivity contribution in [2.75, 3.05) is 25.5 Å². The SMILES string of the molecule is CCc1ccccc1NC(=O)C=Cc1ccc(OC)c(S(=O)(=O)N2CCCCC2)c1. The summed E-state index contributed by atoms with van der Waals surface area (Å²) >= 11 is 0. The Morgan fingerprint density at radius 2 is 1.87 bits per heavy atom. The number of aryl methyl sites for hydroxylation is 1. The van der Waals surface area contributed by atoms with Crippen molar-refractivity contribution in [1.29, 1.82) is 0 Å². The molecule has 1 amide bonds. The maximum atomic E-state index is 13.1. The average molecular weight is 429 g/mol. The molecule has 1 aliphatic rings. The van der Waals surface area contributed by atoms with Gasteiger partial charge in [-0.05, 0) is 54.7 Å². The lowest BCUT2D eigenvalue weighted by atomic mass is 10.1. The number of benzene rings is 2. The van der Waals surface area contributed by atoms with Gasteiger partial charge in [-0.15, -0.1) is 0 Å². The predicted molar refractivity (Wildman–Crippen MR) is 119 cm³/mol. The Balaban J connectivity index is 1.81. The zero-order valence-electron chi connectivity index (χ0n) is 17.4. The highest BCUT2D eigenvalue weighted by Crippen LogP contribution is 2.30. The fourth-order valence-corrected chi connectivity index (χ4v) is 5.25. The van der Waals surface area contributed by atoms with E-state index in [0.29, 0.717) is 24.4 Å². The van der Waals surface area contributed by atoms with E-state index in [0.717, 1.165) is 36.9 Å². The van der Waals surface area contributed by atoms with Gasteiger partial charge in [0, 0.05) is 24.9 Å². The molecule has 0 radical (unpaired) electrons. The fourth-order valence-electron chi connectivity index (χ4n) is 3.54. The second-order valence-corrected chi connectivity index (χ2v) is 9.11. The highest BCUT2D eigenvalue weighted by atomic mass is 32.2. The first kappa shape index (κ1) is 22.1. The van der Waals surface area contributed by atoms with Crippen LogP contribution in [0.1, 0.15) is 37.3 Å². The first-order chi connectivity index (χ1) is 14.5. The predicted octanol–water partition coefficient (Wildman–Crippen LogP) is 4.08. The molecule has 0 aromatic heterocycles. The number of carbonyl (C=O) groups is 1. The maximum Gasteiger partial charge on any atom is 0.248 e. The maximum absolute atomic E-state index is 13.1. The molecule has 0 bridgehead atoms. The van der Waals surface area contributed by atoms with Crippen LogP contribution in [0.4, 0.5) is 5.69 Å². The van der Waals surface area contributed by atoms with Crippen LogP contribution in [-0.2, 0) is 21.2 Å². The molecule has 3 rings (SSSR count). The minimum Gasteiger partial charge on any atom is -0.495 e. The number of nitrogens with zero attached hydrogens (tertiary/aromatic N) is 1. The van der Waals surface area contributed by atoms with Gasteiger partial charge < -0.3 is 10.1 Å². The van der Waals surface area contributed by atoms with Gasteiger partial charge in [0.25, 0.3) is 0 Å². The molecule has 1 heterocycles. The summed E-state index contributed by atoms with van der Waals surface area (Å²) in [5, 5.41) is 2.87. The molecule has 0 unspecified atom stereocenters. The van der Waals surface area contributed by atoms with Crippen molar-refractivity contribution in [1.82, 2.24) is 4.31 Å². The Kier molecular flexibility index (Phi) is 7.29. The molecule has 30 heavy (non-hydrogen) atoms. The van der Waals surface area contributed by atoms with Crippen molar-refractivity contribution < 1.29 is 17.9 Å². The minimum atomic E-state index is -3.65. The molecule has 1 N–H and O–H groups in total. The lowest BCUT2D eigenvalue weighted by molar-refractivity contribution is -0.111. The number of ether oxygens (including phenoxy) is 1. The van der Waals surface area contributed by atoms with Gasteiger partial charge in [-0.2, -0.15) is 4.31 Å². The third-order valence-corrected chi connectivity index (χ3v) is 7.12. The fraction of sp³-hybridized carbons (Fsp3) is 0.348. The number of amides is 1. The molecular weight excluding hydrogens is 400 g/mol. The van der Waals surface area contributed by atoms with E-state index in [1.165, 1.54) is 17.5 Å². The highest BCUT2D eigenvalue weighted by molar-refractivity contribution is 7.89. The summed E-state index contributed by atoms with van der Waals surface area (Å²) in [7, 11) is -2.19. The van der Waals surface area contributed by atoms with E-state index in [4.69, 9.17) is 4.74 Å². The molecule has 0 spiro atoms. The van der Waals surface area contributed by atoms with E-state index in [2.05, 4.69) is 5.32 Å². The first-order valence-electron chi connectivity index (χ1n) is 10.2. The van der Waals surface area contributed by atoms with Crippen molar-refractivity contribution in [2.24, 2.45) is 0 Å². The summed E-state index contributed by atoms with van der Waals surface area (Å²) in [6, 6.07) is 12.6. The van der Waals surface area contributed by atoms with Crippen molar-refractivity contribution in [3.63, 3.8) is 0 Å². The van der Waals surface area contributed by atoms with Crippen LogP contribution in [0.25, 0.3) is 6.08 Å². The van der Waals surface area contributed by atoms with Gasteiger partial charge in [0.15, 0.2) is 0 Å². The van der Waals surface area contributed by atoms with Crippen molar-refractivity contribution in [2.45, 2.75) is 37.5 Å². The Morgan fingerprint density at radius 3 is 2.57 bits per heavy atom. The number of carbonyl (C=O) groups excluding carboxylic acids is 1. The second-order valence-electron chi connectivity index (χ2n) is 7.21. The van der Waals surface area contributed by atoms with Crippen LogP contribution >= 0.6 is 0 Å². The normalized spacial score (nSPS) is 15.3. The van der Waals surface area contributed by atoms with Gasteiger partial charge >= 0.3 is 0 Å². The zero-order valence-corrected chi connectivity index (χ0v) is 18.2. The number of sulfonamides is 1. The molecule has 1 fully saturated rings. The number of hydrogen-bond donors (Lipinski definition) is 1. The van der Waals surface area contributed by atoms with E-state index in [1.54, 1.807) is 24.3 Å². The third kappa shape index (κ3) is 5.09. The van der Waals surface area contributed by atoms with Crippen LogP contribution in [0.3, 0.4) is 0 Å². The third-order valence-electron chi connectivity index (χ3n) is 5.20. The lowest BCUT2D eigenvalue weighted by Crippen LogP contribution is -2.35. The van der Waals surface area contributed by atoms with Gasteiger partial charge in [0.2, 0.25) is 15.9 Å². The molecule has 1 saturated heterocycles. The van der Waals surface area contributed by atoms with Crippen LogP contribution in [0.15, 0.2) is 53.4 Å². The molecule has 0 atom stereocenters. The number of para-hydroxylation sites is 1. The molecular formula is C23H28N2O4S. The van der Waals surface area contributed by atoms with Crippen LogP contribution in [-0.4, -0.2) is 38.8 Å². The number of piperidine rings is 1. The van der Waals surface area contributed by atoms with Gasteiger partial charge in [0.05, 0.1) is 7.11 Å². The Bertz CT molecular complexity index is 1030. The van der Waals surface area contributed by atoms with Crippen LogP contribution < -0.4 is 10.1 Å². The zero-order chi connectivity index (χ0) is 21.6. The number of nitrogens with one attached hydrogen (secondary N) is 1. The summed E-state index contributed by atoms with van der Waals surface area (Å²) in [6.45, 7) is 3.07. The summed E-state index contributed by atoms with van der Waals surface area (Å²) in [4.78, 5) is 12.5. The van der Waals surface area contributed by atoms with E-state index >= 15 is 0 Å². The van der Waals surface area contributed by atoms with Gasteiger partial charge in [-0.25, -0.2) is 8.42 Å². The van der Waals surface area contributed by atoms with Gasteiger partial charge in [0.1, 0.15) is 10.6 Å². The average Bonchev–Trinajstić information content (AvgIpc) is 2.78. The number of rotatable bonds is 7. The van der Waals surface area contributed by atoms with Crippen LogP contribution in [0.2, 0.25) is 0 Å². The van der Waals surface area contributed by atoms with Crippen LogP contribution in [0.5, 0.6) is 5.75 Å². The Labute approximate surface area is 178 Å². The molecule has 1 aliphatic heterocycles. The Hall–Kier alpha value is -2.64. The molecule has 0 aliphatic carbocycles. The number of methoxy groups -OCH3 is 1. The smallest absolute Gasteiger partial charge is 0.248 e. The molecule has 6 nitrogen and oxygen atoms in total. The summed E-state index contributed by atoms with van der Waals surface area (Å²) in [5.74, 6) is 0.0335. The van der Waals surface area contributed by atoms with Crippen LogP contribution in [0, 0.1) is 0 Å². The largest absolute Gasteiger partial charge is 0.495 e. The number of anilines is 1. The van der Waals surface area contributed by atoms with E-state index in [9.17, 15) is 13.2 Å². The summed E-state index contributed by atoms with van der Waals surface area (Å²) in [6.07, 6.45) is 6.60. The standard InChI is InChI=1S/C23H28N2O4S/c1-3-19-9-5-6-10-20(19)24-23(26)14-12-18-11-13-21(29-2)22(17-18)30(27,28)25-15-7-4-8-16-25/h5-6,9-14,17H,3-4,7-8,15-16H2,1-2H3,(H,24,26). The minimum absolute atomic E-state index is 0.130. The van der Waals surface area contributed by atoms with E-state index in [-0.39, 0.29) is 10.8 Å². The van der Waals surface area contributed by atoms with E-state index < -0.39 is 10.0 Å².